The quantitative estimate of drug-likeness (QED) is 0.853. The maximum Gasteiger partial charge on any atom is 0.202 e. The zero-order chi connectivity index (χ0) is 13.2. The molecule has 0 saturated carbocycles. The molecule has 4 heteroatoms. The van der Waals surface area contributed by atoms with Crippen LogP contribution in [0.3, 0.4) is 0 Å². The smallest absolute Gasteiger partial charge is 0.202 e. The van der Waals surface area contributed by atoms with Crippen molar-refractivity contribution in [1.82, 2.24) is 15.1 Å². The van der Waals surface area contributed by atoms with Crippen LogP contribution in [0.2, 0.25) is 0 Å². The standard InChI is InChI=1S/C15H17N3O/c1-2-18-13(8-10-17-18)15(19)14-12-6-4-3-5-11(12)7-9-16-14/h3-6,8,10,14,16H,2,7,9H2,1H3. The van der Waals surface area contributed by atoms with Crippen molar-refractivity contribution in [3.63, 3.8) is 0 Å². The van der Waals surface area contributed by atoms with Crippen LogP contribution < -0.4 is 5.32 Å². The van der Waals surface area contributed by atoms with Crippen LogP contribution in [-0.2, 0) is 13.0 Å². The van der Waals surface area contributed by atoms with Crippen LogP contribution in [0.5, 0.6) is 0 Å². The average Bonchev–Trinajstić information content (AvgIpc) is 2.94. The predicted octanol–water partition coefficient (Wildman–Crippen LogP) is 1.97. The molecule has 1 N–H and O–H groups in total. The summed E-state index contributed by atoms with van der Waals surface area (Å²) in [6.45, 7) is 3.54. The van der Waals surface area contributed by atoms with Gasteiger partial charge in [-0.15, -0.1) is 0 Å². The van der Waals surface area contributed by atoms with Crippen LogP contribution in [0.1, 0.15) is 34.6 Å². The van der Waals surface area contributed by atoms with Crippen molar-refractivity contribution >= 4 is 5.78 Å². The summed E-state index contributed by atoms with van der Waals surface area (Å²) in [4.78, 5) is 12.7. The number of nitrogens with zero attached hydrogens (tertiary/aromatic N) is 2. The van der Waals surface area contributed by atoms with E-state index in [9.17, 15) is 4.79 Å². The van der Waals surface area contributed by atoms with E-state index in [4.69, 9.17) is 0 Å². The van der Waals surface area contributed by atoms with Gasteiger partial charge < -0.3 is 5.32 Å². The van der Waals surface area contributed by atoms with Crippen molar-refractivity contribution in [1.29, 1.82) is 0 Å². The number of benzene rings is 1. The van der Waals surface area contributed by atoms with Crippen LogP contribution in [0.15, 0.2) is 36.5 Å². The van der Waals surface area contributed by atoms with E-state index in [1.165, 1.54) is 5.56 Å². The van der Waals surface area contributed by atoms with Gasteiger partial charge in [0.05, 0.1) is 6.04 Å². The van der Waals surface area contributed by atoms with Crippen molar-refractivity contribution in [2.24, 2.45) is 0 Å². The number of ketones is 1. The highest BCUT2D eigenvalue weighted by Gasteiger charge is 2.28. The van der Waals surface area contributed by atoms with E-state index in [2.05, 4.69) is 16.5 Å². The molecule has 0 radical (unpaired) electrons. The van der Waals surface area contributed by atoms with E-state index >= 15 is 0 Å². The number of fused-ring (bicyclic) bond motifs is 1. The zero-order valence-corrected chi connectivity index (χ0v) is 11.0. The van der Waals surface area contributed by atoms with E-state index in [1.54, 1.807) is 16.9 Å². The summed E-state index contributed by atoms with van der Waals surface area (Å²) in [6, 6.07) is 9.72. The number of carbonyl (C=O) groups excluding carboxylic acids is 1. The van der Waals surface area contributed by atoms with Crippen molar-refractivity contribution in [2.45, 2.75) is 25.9 Å². The summed E-state index contributed by atoms with van der Waals surface area (Å²) in [5.74, 6) is 0.103. The van der Waals surface area contributed by atoms with Crippen LogP contribution in [0.4, 0.5) is 0 Å². The Labute approximate surface area is 112 Å². The molecule has 0 spiro atoms. The van der Waals surface area contributed by atoms with Crippen LogP contribution in [0.25, 0.3) is 0 Å². The van der Waals surface area contributed by atoms with E-state index in [0.29, 0.717) is 12.2 Å². The summed E-state index contributed by atoms with van der Waals surface area (Å²) >= 11 is 0. The molecular formula is C15H17N3O. The Hall–Kier alpha value is -1.94. The fraction of sp³-hybridized carbons (Fsp3) is 0.333. The number of carbonyl (C=O) groups is 1. The molecule has 2 heterocycles. The van der Waals surface area contributed by atoms with Gasteiger partial charge in [-0.1, -0.05) is 24.3 Å². The molecule has 1 aromatic carbocycles. The van der Waals surface area contributed by atoms with Crippen molar-refractivity contribution in [3.8, 4) is 0 Å². The van der Waals surface area contributed by atoms with E-state index < -0.39 is 0 Å². The van der Waals surface area contributed by atoms with Gasteiger partial charge in [0.15, 0.2) is 0 Å². The number of rotatable bonds is 3. The van der Waals surface area contributed by atoms with Gasteiger partial charge in [0.25, 0.3) is 0 Å². The summed E-state index contributed by atoms with van der Waals surface area (Å²) in [5, 5.41) is 7.50. The fourth-order valence-electron chi connectivity index (χ4n) is 2.68. The first-order chi connectivity index (χ1) is 9.31. The lowest BCUT2D eigenvalue weighted by Gasteiger charge is -2.25. The third kappa shape index (κ3) is 2.08. The Morgan fingerprint density at radius 3 is 3.11 bits per heavy atom. The Kier molecular flexibility index (Phi) is 3.17. The van der Waals surface area contributed by atoms with Gasteiger partial charge in [-0.05, 0) is 30.5 Å². The average molecular weight is 255 g/mol. The van der Waals surface area contributed by atoms with Crippen LogP contribution in [0, 0.1) is 0 Å². The molecule has 0 aliphatic carbocycles. The van der Waals surface area contributed by atoms with Gasteiger partial charge >= 0.3 is 0 Å². The highest BCUT2D eigenvalue weighted by Crippen LogP contribution is 2.25. The molecule has 1 aliphatic heterocycles. The Balaban J connectivity index is 1.98. The number of hydrogen-bond acceptors (Lipinski definition) is 3. The number of aryl methyl sites for hydroxylation is 1. The first-order valence-corrected chi connectivity index (χ1v) is 6.68. The second kappa shape index (κ2) is 4.97. The number of aromatic nitrogens is 2. The summed E-state index contributed by atoms with van der Waals surface area (Å²) in [6.07, 6.45) is 2.67. The van der Waals surface area contributed by atoms with Gasteiger partial charge in [0.1, 0.15) is 5.69 Å². The van der Waals surface area contributed by atoms with Crippen LogP contribution >= 0.6 is 0 Å². The summed E-state index contributed by atoms with van der Waals surface area (Å²) < 4.78 is 1.75. The fourth-order valence-corrected chi connectivity index (χ4v) is 2.68. The van der Waals surface area contributed by atoms with Gasteiger partial charge in [-0.3, -0.25) is 9.48 Å². The number of nitrogens with one attached hydrogen (secondary N) is 1. The minimum atomic E-state index is -0.244. The molecule has 1 atom stereocenters. The van der Waals surface area contributed by atoms with Gasteiger partial charge in [0, 0.05) is 19.3 Å². The highest BCUT2D eigenvalue weighted by atomic mass is 16.1. The lowest BCUT2D eigenvalue weighted by Crippen LogP contribution is -2.36. The third-order valence-corrected chi connectivity index (χ3v) is 3.64. The Morgan fingerprint density at radius 2 is 2.26 bits per heavy atom. The van der Waals surface area contributed by atoms with Gasteiger partial charge in [-0.2, -0.15) is 5.10 Å². The Morgan fingerprint density at radius 1 is 1.42 bits per heavy atom. The first kappa shape index (κ1) is 12.1. The Bertz CT molecular complexity index is 603. The zero-order valence-electron chi connectivity index (χ0n) is 11.0. The molecule has 3 rings (SSSR count). The molecule has 4 nitrogen and oxygen atoms in total. The largest absolute Gasteiger partial charge is 0.303 e. The predicted molar refractivity (Wildman–Crippen MR) is 73.1 cm³/mol. The monoisotopic (exact) mass is 255 g/mol. The van der Waals surface area contributed by atoms with E-state index in [-0.39, 0.29) is 11.8 Å². The van der Waals surface area contributed by atoms with Gasteiger partial charge in [0.2, 0.25) is 5.78 Å². The highest BCUT2D eigenvalue weighted by molar-refractivity contribution is 5.99. The molecule has 0 bridgehead atoms. The third-order valence-electron chi connectivity index (χ3n) is 3.64. The first-order valence-electron chi connectivity index (χ1n) is 6.68. The number of hydrogen-bond donors (Lipinski definition) is 1. The molecule has 2 aromatic rings. The van der Waals surface area contributed by atoms with Crippen molar-refractivity contribution in [3.05, 3.63) is 53.3 Å². The second-order valence-corrected chi connectivity index (χ2v) is 4.73. The lowest BCUT2D eigenvalue weighted by molar-refractivity contribution is 0.0929. The van der Waals surface area contributed by atoms with Crippen molar-refractivity contribution < 1.29 is 4.79 Å². The molecule has 1 aromatic heterocycles. The molecule has 0 fully saturated rings. The van der Waals surface area contributed by atoms with Crippen molar-refractivity contribution in [2.75, 3.05) is 6.54 Å². The molecule has 1 unspecified atom stereocenters. The summed E-state index contributed by atoms with van der Waals surface area (Å²) in [7, 11) is 0. The lowest BCUT2D eigenvalue weighted by atomic mass is 9.91. The second-order valence-electron chi connectivity index (χ2n) is 4.73. The molecule has 98 valence electrons. The van der Waals surface area contributed by atoms with Crippen LogP contribution in [-0.4, -0.2) is 22.1 Å². The molecule has 19 heavy (non-hydrogen) atoms. The SMILES string of the molecule is CCn1nccc1C(=O)C1NCCc2ccccc21. The van der Waals surface area contributed by atoms with Gasteiger partial charge in [-0.25, -0.2) is 0 Å². The molecule has 0 amide bonds. The number of Topliss-reactive ketones (excluding diaryl/α,β-unsaturated/α-hetero) is 1. The minimum Gasteiger partial charge on any atom is -0.303 e. The molecule has 0 saturated heterocycles. The maximum absolute atomic E-state index is 12.7. The molecular weight excluding hydrogens is 238 g/mol. The normalized spacial score (nSPS) is 18.1. The molecule has 1 aliphatic rings. The topological polar surface area (TPSA) is 46.9 Å². The van der Waals surface area contributed by atoms with E-state index in [1.807, 2.05) is 25.1 Å². The summed E-state index contributed by atoms with van der Waals surface area (Å²) in [5.41, 5.74) is 3.04. The minimum absolute atomic E-state index is 0.103. The maximum atomic E-state index is 12.7. The van der Waals surface area contributed by atoms with E-state index in [0.717, 1.165) is 18.5 Å².